The lowest BCUT2D eigenvalue weighted by Crippen LogP contribution is -2.34. The number of carbonyl (C=O) groups is 1. The molecule has 0 N–H and O–H groups in total. The molecule has 0 heterocycles. The highest BCUT2D eigenvalue weighted by molar-refractivity contribution is 9.10. The summed E-state index contributed by atoms with van der Waals surface area (Å²) >= 11 is 3.58. The molecule has 0 saturated heterocycles. The third kappa shape index (κ3) is 2.19. The van der Waals surface area contributed by atoms with Crippen LogP contribution in [-0.2, 0) is 9.53 Å². The third-order valence-electron chi connectivity index (χ3n) is 3.62. The van der Waals surface area contributed by atoms with E-state index in [0.29, 0.717) is 0 Å². The summed E-state index contributed by atoms with van der Waals surface area (Å²) in [4.78, 5) is 14.2. The van der Waals surface area contributed by atoms with Crippen molar-refractivity contribution < 1.29 is 9.53 Å². The van der Waals surface area contributed by atoms with Crippen molar-refractivity contribution in [2.75, 3.05) is 21.2 Å². The van der Waals surface area contributed by atoms with Crippen LogP contribution in [0, 0.1) is 5.41 Å². The van der Waals surface area contributed by atoms with E-state index >= 15 is 0 Å². The Hall–Kier alpha value is -0.870. The van der Waals surface area contributed by atoms with Gasteiger partial charge in [-0.25, -0.2) is 0 Å². The molecule has 2 rings (SSSR count). The van der Waals surface area contributed by atoms with Crippen molar-refractivity contribution in [3.05, 3.63) is 34.3 Å². The van der Waals surface area contributed by atoms with Gasteiger partial charge < -0.3 is 9.64 Å². The number of hydrogen-bond acceptors (Lipinski definition) is 3. The van der Waals surface area contributed by atoms with Crippen molar-refractivity contribution in [3.63, 3.8) is 0 Å². The number of halogens is 1. The van der Waals surface area contributed by atoms with Crippen LogP contribution in [0.15, 0.2) is 28.7 Å². The number of ether oxygens (including phenoxy) is 1. The first kappa shape index (κ1) is 13.6. The molecule has 1 aliphatic rings. The molecule has 1 fully saturated rings. The van der Waals surface area contributed by atoms with Gasteiger partial charge in [-0.1, -0.05) is 34.1 Å². The fraction of sp³-hybridized carbons (Fsp3) is 0.500. The zero-order valence-electron chi connectivity index (χ0n) is 10.9. The first-order valence-electron chi connectivity index (χ1n) is 6.02. The number of carbonyl (C=O) groups excluding carboxylic acids is 1. The molecule has 0 aliphatic heterocycles. The number of methoxy groups -OCH3 is 1. The van der Waals surface area contributed by atoms with E-state index < -0.39 is 0 Å². The molecule has 3 nitrogen and oxygen atoms in total. The van der Waals surface area contributed by atoms with Gasteiger partial charge in [0.15, 0.2) is 0 Å². The Morgan fingerprint density at radius 1 is 1.39 bits per heavy atom. The molecule has 1 unspecified atom stereocenters. The molecule has 0 radical (unpaired) electrons. The van der Waals surface area contributed by atoms with Gasteiger partial charge in [0.25, 0.3) is 0 Å². The van der Waals surface area contributed by atoms with Gasteiger partial charge >= 0.3 is 5.97 Å². The minimum absolute atomic E-state index is 0.0560. The van der Waals surface area contributed by atoms with E-state index in [-0.39, 0.29) is 17.4 Å². The molecule has 1 aliphatic carbocycles. The van der Waals surface area contributed by atoms with Crippen molar-refractivity contribution in [2.24, 2.45) is 5.41 Å². The quantitative estimate of drug-likeness (QED) is 0.801. The monoisotopic (exact) mass is 311 g/mol. The molecule has 4 heteroatoms. The van der Waals surface area contributed by atoms with Crippen molar-refractivity contribution >= 4 is 21.9 Å². The third-order valence-corrected chi connectivity index (χ3v) is 4.34. The van der Waals surface area contributed by atoms with Gasteiger partial charge in [-0.05, 0) is 38.6 Å². The van der Waals surface area contributed by atoms with Crippen LogP contribution >= 0.6 is 15.9 Å². The molecule has 1 aromatic rings. The Labute approximate surface area is 116 Å². The fourth-order valence-corrected chi connectivity index (χ4v) is 3.20. The molecule has 0 bridgehead atoms. The second-order valence-corrected chi connectivity index (χ2v) is 5.89. The molecule has 1 aromatic carbocycles. The zero-order chi connectivity index (χ0) is 13.3. The van der Waals surface area contributed by atoms with Crippen LogP contribution in [0.1, 0.15) is 24.4 Å². The number of nitrogens with zero attached hydrogens (tertiary/aromatic N) is 1. The maximum absolute atomic E-state index is 12.1. The molecular weight excluding hydrogens is 294 g/mol. The number of esters is 1. The Kier molecular flexibility index (Phi) is 3.78. The van der Waals surface area contributed by atoms with Crippen LogP contribution in [0.25, 0.3) is 0 Å². The minimum atomic E-state index is -0.373. The van der Waals surface area contributed by atoms with Gasteiger partial charge in [0.05, 0.1) is 18.6 Å². The van der Waals surface area contributed by atoms with E-state index in [4.69, 9.17) is 4.74 Å². The highest BCUT2D eigenvalue weighted by Crippen LogP contribution is 2.58. The van der Waals surface area contributed by atoms with Crippen molar-refractivity contribution in [1.82, 2.24) is 4.90 Å². The van der Waals surface area contributed by atoms with E-state index in [1.165, 1.54) is 7.11 Å². The van der Waals surface area contributed by atoms with Crippen LogP contribution in [0.2, 0.25) is 0 Å². The molecule has 18 heavy (non-hydrogen) atoms. The Bertz CT molecular complexity index is 455. The number of hydrogen-bond donors (Lipinski definition) is 0. The van der Waals surface area contributed by atoms with Gasteiger partial charge in [0, 0.05) is 4.47 Å². The summed E-state index contributed by atoms with van der Waals surface area (Å²) in [6, 6.07) is 8.12. The van der Waals surface area contributed by atoms with Crippen molar-refractivity contribution in [2.45, 2.75) is 18.9 Å². The normalized spacial score (nSPS) is 18.5. The summed E-state index contributed by atoms with van der Waals surface area (Å²) in [5.41, 5.74) is 0.771. The number of rotatable bonds is 4. The van der Waals surface area contributed by atoms with Crippen molar-refractivity contribution in [3.8, 4) is 0 Å². The summed E-state index contributed by atoms with van der Waals surface area (Å²) in [5, 5.41) is 0. The lowest BCUT2D eigenvalue weighted by atomic mass is 9.89. The topological polar surface area (TPSA) is 29.5 Å². The SMILES string of the molecule is COC(=O)C1(C(c2ccccc2Br)N(C)C)CC1. The van der Waals surface area contributed by atoms with Gasteiger partial charge in [-0.2, -0.15) is 0 Å². The molecule has 0 aromatic heterocycles. The summed E-state index contributed by atoms with van der Waals surface area (Å²) in [7, 11) is 5.48. The minimum Gasteiger partial charge on any atom is -0.469 e. The first-order chi connectivity index (χ1) is 8.53. The Morgan fingerprint density at radius 2 is 2.00 bits per heavy atom. The summed E-state index contributed by atoms with van der Waals surface area (Å²) < 4.78 is 6.03. The maximum Gasteiger partial charge on any atom is 0.313 e. The van der Waals surface area contributed by atoms with E-state index in [1.54, 1.807) is 0 Å². The van der Waals surface area contributed by atoms with Crippen LogP contribution in [0.4, 0.5) is 0 Å². The van der Waals surface area contributed by atoms with Crippen LogP contribution in [0.5, 0.6) is 0 Å². The highest BCUT2D eigenvalue weighted by atomic mass is 79.9. The second kappa shape index (κ2) is 5.02. The smallest absolute Gasteiger partial charge is 0.313 e. The fourth-order valence-electron chi connectivity index (χ4n) is 2.69. The standard InChI is InChI=1S/C14H18BrNO2/c1-16(2)12(10-6-4-5-7-11(10)15)14(8-9-14)13(17)18-3/h4-7,12H,8-9H2,1-3H3. The highest BCUT2D eigenvalue weighted by Gasteiger charge is 2.58. The average molecular weight is 312 g/mol. The van der Waals surface area contributed by atoms with Crippen LogP contribution in [0.3, 0.4) is 0 Å². The maximum atomic E-state index is 12.1. The summed E-state index contributed by atoms with van der Waals surface area (Å²) in [5.74, 6) is -0.100. The van der Waals surface area contributed by atoms with E-state index in [2.05, 4.69) is 26.9 Å². The largest absolute Gasteiger partial charge is 0.469 e. The second-order valence-electron chi connectivity index (χ2n) is 5.04. The van der Waals surface area contributed by atoms with Gasteiger partial charge in [-0.15, -0.1) is 0 Å². The molecular formula is C14H18BrNO2. The molecule has 98 valence electrons. The van der Waals surface area contributed by atoms with E-state index in [9.17, 15) is 4.79 Å². The first-order valence-corrected chi connectivity index (χ1v) is 6.81. The average Bonchev–Trinajstić information content (AvgIpc) is 3.12. The predicted molar refractivity (Wildman–Crippen MR) is 74.3 cm³/mol. The Balaban J connectivity index is 2.42. The molecule has 1 saturated carbocycles. The Morgan fingerprint density at radius 3 is 2.44 bits per heavy atom. The molecule has 0 amide bonds. The zero-order valence-corrected chi connectivity index (χ0v) is 12.5. The number of benzene rings is 1. The van der Waals surface area contributed by atoms with Crippen molar-refractivity contribution in [1.29, 1.82) is 0 Å². The van der Waals surface area contributed by atoms with Gasteiger partial charge in [0.2, 0.25) is 0 Å². The summed E-state index contributed by atoms with van der Waals surface area (Å²) in [6.45, 7) is 0. The van der Waals surface area contributed by atoms with Gasteiger partial charge in [0.1, 0.15) is 0 Å². The predicted octanol–water partition coefficient (Wildman–Crippen LogP) is 3.01. The van der Waals surface area contributed by atoms with Crippen LogP contribution < -0.4 is 0 Å². The summed E-state index contributed by atoms with van der Waals surface area (Å²) in [6.07, 6.45) is 1.79. The van der Waals surface area contributed by atoms with Crippen LogP contribution in [-0.4, -0.2) is 32.1 Å². The van der Waals surface area contributed by atoms with E-state index in [0.717, 1.165) is 22.9 Å². The van der Waals surface area contributed by atoms with E-state index in [1.807, 2.05) is 32.3 Å². The lowest BCUT2D eigenvalue weighted by Gasteiger charge is -2.32. The molecule has 0 spiro atoms. The molecule has 1 atom stereocenters. The lowest BCUT2D eigenvalue weighted by molar-refractivity contribution is -0.150. The van der Waals surface area contributed by atoms with Gasteiger partial charge in [-0.3, -0.25) is 4.79 Å².